The van der Waals surface area contributed by atoms with Gasteiger partial charge in [0.25, 0.3) is 5.69 Å². The van der Waals surface area contributed by atoms with Crippen molar-refractivity contribution >= 4 is 21.6 Å². The van der Waals surface area contributed by atoms with Gasteiger partial charge in [-0.2, -0.15) is 0 Å². The van der Waals surface area contributed by atoms with E-state index in [-0.39, 0.29) is 10.6 Å². The number of alkyl halides is 1. The fourth-order valence-electron chi connectivity index (χ4n) is 1.99. The Morgan fingerprint density at radius 2 is 2.20 bits per heavy atom. The van der Waals surface area contributed by atoms with E-state index in [1.54, 1.807) is 18.5 Å². The maximum Gasteiger partial charge on any atom is 0.278 e. The minimum absolute atomic E-state index is 0.121. The van der Waals surface area contributed by atoms with Crippen LogP contribution in [0, 0.1) is 24.0 Å². The summed E-state index contributed by atoms with van der Waals surface area (Å²) >= 11 is 3.34. The van der Waals surface area contributed by atoms with Crippen LogP contribution < -0.4 is 0 Å². The van der Waals surface area contributed by atoms with E-state index in [0.717, 1.165) is 17.4 Å². The second kappa shape index (κ2) is 6.08. The number of hydrogen-bond acceptors (Lipinski definition) is 5. The van der Waals surface area contributed by atoms with E-state index < -0.39 is 0 Å². The molecule has 0 fully saturated rings. The zero-order valence-electron chi connectivity index (χ0n) is 11.2. The van der Waals surface area contributed by atoms with Crippen LogP contribution in [0.3, 0.4) is 0 Å². The second-order valence-corrected chi connectivity index (χ2v) is 5.26. The van der Waals surface area contributed by atoms with Crippen molar-refractivity contribution in [3.05, 3.63) is 45.0 Å². The highest BCUT2D eigenvalue weighted by Gasteiger charge is 2.19. The molecule has 20 heavy (non-hydrogen) atoms. The minimum atomic E-state index is -0.368. The highest BCUT2D eigenvalue weighted by molar-refractivity contribution is 9.09. The molecule has 0 radical (unpaired) electrons. The third kappa shape index (κ3) is 3.01. The first-order chi connectivity index (χ1) is 9.52. The third-order valence-electron chi connectivity index (χ3n) is 3.01. The van der Waals surface area contributed by atoms with E-state index in [1.165, 1.54) is 6.20 Å². The predicted octanol–water partition coefficient (Wildman–Crippen LogP) is 2.18. The molecular weight excluding hydrogens is 326 g/mol. The molecule has 2 heterocycles. The van der Waals surface area contributed by atoms with Crippen molar-refractivity contribution in [3.63, 3.8) is 0 Å². The van der Waals surface area contributed by atoms with Crippen molar-refractivity contribution in [1.82, 2.24) is 20.0 Å². The summed E-state index contributed by atoms with van der Waals surface area (Å²) in [5.74, 6) is 0. The summed E-state index contributed by atoms with van der Waals surface area (Å²) in [6.07, 6.45) is 4.14. The number of aromatic nitrogens is 4. The topological polar surface area (TPSA) is 86.7 Å². The van der Waals surface area contributed by atoms with Crippen LogP contribution in [0.4, 0.5) is 5.69 Å². The van der Waals surface area contributed by atoms with Gasteiger partial charge in [0.05, 0.1) is 28.4 Å². The van der Waals surface area contributed by atoms with Crippen LogP contribution in [-0.2, 0) is 13.0 Å². The van der Waals surface area contributed by atoms with Crippen LogP contribution in [0.1, 0.15) is 22.5 Å². The molecule has 0 saturated heterocycles. The smallest absolute Gasteiger partial charge is 0.258 e. The molecule has 0 amide bonds. The van der Waals surface area contributed by atoms with E-state index in [1.807, 2.05) is 6.20 Å². The normalized spacial score (nSPS) is 10.8. The first kappa shape index (κ1) is 14.6. The Labute approximate surface area is 124 Å². The average molecular weight is 340 g/mol. The Hall–Kier alpha value is -1.83. The van der Waals surface area contributed by atoms with Crippen molar-refractivity contribution < 1.29 is 4.92 Å². The quantitative estimate of drug-likeness (QED) is 0.473. The lowest BCUT2D eigenvalue weighted by atomic mass is 10.1. The molecule has 0 N–H and O–H groups in total. The van der Waals surface area contributed by atoms with Gasteiger partial charge < -0.3 is 0 Å². The molecule has 0 aliphatic rings. The van der Waals surface area contributed by atoms with Crippen LogP contribution in [0.2, 0.25) is 0 Å². The molecule has 0 aliphatic heterocycles. The minimum Gasteiger partial charge on any atom is -0.258 e. The zero-order valence-corrected chi connectivity index (χ0v) is 12.8. The van der Waals surface area contributed by atoms with Crippen LogP contribution >= 0.6 is 15.9 Å². The van der Waals surface area contributed by atoms with Gasteiger partial charge in [0.2, 0.25) is 0 Å². The maximum atomic E-state index is 11.1. The Bertz CT molecular complexity index is 641. The lowest BCUT2D eigenvalue weighted by Gasteiger charge is -2.07. The van der Waals surface area contributed by atoms with Crippen LogP contribution in [0.15, 0.2) is 12.4 Å². The second-order valence-electron chi connectivity index (χ2n) is 4.47. The average Bonchev–Trinajstić information content (AvgIpc) is 2.81. The molecule has 0 saturated carbocycles. The third-order valence-corrected chi connectivity index (χ3v) is 3.40. The first-order valence-corrected chi connectivity index (χ1v) is 7.19. The number of nitrogens with zero attached hydrogens (tertiary/aromatic N) is 5. The standard InChI is InChI=1S/C12H14BrN5O2/c1-8-5-14-11(9(2)12(8)18(19)20)7-17-6-10(3-4-13)15-16-17/h5-6H,3-4,7H2,1-2H3. The van der Waals surface area contributed by atoms with E-state index in [2.05, 4.69) is 31.2 Å². The van der Waals surface area contributed by atoms with Gasteiger partial charge in [0, 0.05) is 29.7 Å². The number of nitro groups is 1. The number of rotatable bonds is 5. The molecule has 2 rings (SSSR count). The summed E-state index contributed by atoms with van der Waals surface area (Å²) in [5, 5.41) is 19.9. The summed E-state index contributed by atoms with van der Waals surface area (Å²) in [6.45, 7) is 3.78. The van der Waals surface area contributed by atoms with Gasteiger partial charge in [0.1, 0.15) is 0 Å². The molecule has 0 unspecified atom stereocenters. The summed E-state index contributed by atoms with van der Waals surface area (Å²) in [6, 6.07) is 0. The van der Waals surface area contributed by atoms with E-state index in [9.17, 15) is 10.1 Å². The highest BCUT2D eigenvalue weighted by Crippen LogP contribution is 2.24. The summed E-state index contributed by atoms with van der Waals surface area (Å²) < 4.78 is 1.65. The molecule has 106 valence electrons. The number of aryl methyl sites for hydroxylation is 2. The fourth-order valence-corrected chi connectivity index (χ4v) is 2.39. The van der Waals surface area contributed by atoms with Gasteiger partial charge in [-0.15, -0.1) is 5.10 Å². The van der Waals surface area contributed by atoms with Gasteiger partial charge in [-0.3, -0.25) is 15.1 Å². The zero-order chi connectivity index (χ0) is 14.7. The van der Waals surface area contributed by atoms with Crippen LogP contribution in [0.25, 0.3) is 0 Å². The molecule has 0 aromatic carbocycles. The van der Waals surface area contributed by atoms with E-state index in [0.29, 0.717) is 23.4 Å². The molecule has 2 aromatic heterocycles. The Morgan fingerprint density at radius 1 is 1.45 bits per heavy atom. The summed E-state index contributed by atoms with van der Waals surface area (Å²) in [5.41, 5.74) is 2.77. The monoisotopic (exact) mass is 339 g/mol. The molecule has 0 bridgehead atoms. The van der Waals surface area contributed by atoms with E-state index in [4.69, 9.17) is 0 Å². The van der Waals surface area contributed by atoms with Gasteiger partial charge in [-0.25, -0.2) is 4.68 Å². The van der Waals surface area contributed by atoms with Crippen molar-refractivity contribution in [3.8, 4) is 0 Å². The number of hydrogen-bond donors (Lipinski definition) is 0. The molecule has 0 aliphatic carbocycles. The summed E-state index contributed by atoms with van der Waals surface area (Å²) in [7, 11) is 0. The van der Waals surface area contributed by atoms with E-state index >= 15 is 0 Å². The van der Waals surface area contributed by atoms with Crippen molar-refractivity contribution in [2.24, 2.45) is 0 Å². The van der Waals surface area contributed by atoms with Crippen LogP contribution in [-0.4, -0.2) is 30.2 Å². The predicted molar refractivity (Wildman–Crippen MR) is 77.0 cm³/mol. The maximum absolute atomic E-state index is 11.1. The lowest BCUT2D eigenvalue weighted by molar-refractivity contribution is -0.386. The van der Waals surface area contributed by atoms with Crippen molar-refractivity contribution in [2.75, 3.05) is 5.33 Å². The Kier molecular flexibility index (Phi) is 4.43. The van der Waals surface area contributed by atoms with Crippen LogP contribution in [0.5, 0.6) is 0 Å². The fraction of sp³-hybridized carbons (Fsp3) is 0.417. The SMILES string of the molecule is Cc1cnc(Cn2cc(CCBr)nn2)c(C)c1[N+](=O)[O-]. The molecular formula is C12H14BrN5O2. The van der Waals surface area contributed by atoms with Crippen molar-refractivity contribution in [2.45, 2.75) is 26.8 Å². The van der Waals surface area contributed by atoms with Gasteiger partial charge in [-0.1, -0.05) is 21.1 Å². The van der Waals surface area contributed by atoms with Gasteiger partial charge in [-0.05, 0) is 13.8 Å². The molecule has 7 nitrogen and oxygen atoms in total. The molecule has 0 spiro atoms. The molecule has 2 aromatic rings. The summed E-state index contributed by atoms with van der Waals surface area (Å²) in [4.78, 5) is 15.0. The Balaban J connectivity index is 2.29. The highest BCUT2D eigenvalue weighted by atomic mass is 79.9. The lowest BCUT2D eigenvalue weighted by Crippen LogP contribution is -2.07. The first-order valence-electron chi connectivity index (χ1n) is 6.07. The van der Waals surface area contributed by atoms with Gasteiger partial charge >= 0.3 is 0 Å². The number of pyridine rings is 1. The largest absolute Gasteiger partial charge is 0.278 e. The van der Waals surface area contributed by atoms with Crippen molar-refractivity contribution in [1.29, 1.82) is 0 Å². The Morgan fingerprint density at radius 3 is 2.85 bits per heavy atom. The number of halogens is 1. The molecule has 0 atom stereocenters. The molecule has 8 heteroatoms. The van der Waals surface area contributed by atoms with Gasteiger partial charge in [0.15, 0.2) is 0 Å².